The second-order valence-electron chi connectivity index (χ2n) is 8.19. The van der Waals surface area contributed by atoms with Gasteiger partial charge in [0.1, 0.15) is 11.3 Å². The van der Waals surface area contributed by atoms with E-state index in [1.54, 1.807) is 0 Å². The lowest BCUT2D eigenvalue weighted by Crippen LogP contribution is -2.48. The lowest BCUT2D eigenvalue weighted by Gasteiger charge is -2.34. The molecule has 2 aromatic carbocycles. The van der Waals surface area contributed by atoms with Crippen LogP contribution < -0.4 is 9.54 Å². The topological polar surface area (TPSA) is 90.2 Å². The first kappa shape index (κ1) is 24.6. The van der Waals surface area contributed by atoms with Gasteiger partial charge in [0.2, 0.25) is 10.0 Å². The van der Waals surface area contributed by atoms with Crippen molar-refractivity contribution < 1.29 is 22.7 Å². The average Bonchev–Trinajstić information content (AvgIpc) is 3.16. The maximum absolute atomic E-state index is 13.1. The molecule has 3 aromatic rings. The number of para-hydroxylation sites is 1. The molecular formula is C24H29N3O5S2. The first-order valence-corrected chi connectivity index (χ1v) is 13.6. The maximum atomic E-state index is 13.1. The Morgan fingerprint density at radius 2 is 1.79 bits per heavy atom. The van der Waals surface area contributed by atoms with E-state index >= 15 is 0 Å². The first-order chi connectivity index (χ1) is 16.2. The fourth-order valence-electron chi connectivity index (χ4n) is 4.15. The molecule has 8 nitrogen and oxygen atoms in total. The molecule has 10 heteroatoms. The van der Waals surface area contributed by atoms with Gasteiger partial charge in [-0.1, -0.05) is 17.4 Å². The molecule has 1 aliphatic rings. The number of hydrogen-bond acceptors (Lipinski definition) is 6. The highest BCUT2D eigenvalue weighted by molar-refractivity contribution is 7.89. The predicted octanol–water partition coefficient (Wildman–Crippen LogP) is 3.66. The molecule has 182 valence electrons. The maximum Gasteiger partial charge on any atom is 0.279 e. The number of aryl methyl sites for hydroxylation is 1. The van der Waals surface area contributed by atoms with Crippen molar-refractivity contribution in [1.82, 2.24) is 8.87 Å². The minimum Gasteiger partial charge on any atom is -0.492 e. The number of nitrogens with zero attached hydrogens (tertiary/aromatic N) is 3. The van der Waals surface area contributed by atoms with Crippen LogP contribution in [0.2, 0.25) is 0 Å². The Labute approximate surface area is 203 Å². The van der Waals surface area contributed by atoms with Crippen molar-refractivity contribution >= 4 is 37.5 Å². The minimum atomic E-state index is -3.67. The number of carbonyl (C=O) groups is 1. The summed E-state index contributed by atoms with van der Waals surface area (Å²) in [6, 6.07) is 11.8. The smallest absolute Gasteiger partial charge is 0.279 e. The zero-order valence-corrected chi connectivity index (χ0v) is 21.4. The normalized spacial score (nSPS) is 20.1. The van der Waals surface area contributed by atoms with Gasteiger partial charge in [0, 0.05) is 25.2 Å². The van der Waals surface area contributed by atoms with E-state index in [4.69, 9.17) is 9.47 Å². The predicted molar refractivity (Wildman–Crippen MR) is 132 cm³/mol. The van der Waals surface area contributed by atoms with E-state index in [0.717, 1.165) is 16.0 Å². The zero-order valence-electron chi connectivity index (χ0n) is 19.7. The summed E-state index contributed by atoms with van der Waals surface area (Å²) < 4.78 is 41.9. The summed E-state index contributed by atoms with van der Waals surface area (Å²) in [6.07, 6.45) is -0.346. The lowest BCUT2D eigenvalue weighted by molar-refractivity contribution is -0.0440. The number of rotatable bonds is 6. The summed E-state index contributed by atoms with van der Waals surface area (Å²) in [5.41, 5.74) is 1.24. The Morgan fingerprint density at radius 3 is 2.41 bits per heavy atom. The van der Waals surface area contributed by atoms with Crippen LogP contribution in [0.25, 0.3) is 10.2 Å². The molecule has 2 atom stereocenters. The van der Waals surface area contributed by atoms with Gasteiger partial charge in [-0.3, -0.25) is 4.79 Å². The summed E-state index contributed by atoms with van der Waals surface area (Å²) in [4.78, 5) is 18.0. The van der Waals surface area contributed by atoms with Gasteiger partial charge in [-0.25, -0.2) is 8.42 Å². The SMILES string of the molecule is CCOc1cccc2sc(=NC(=O)c3ccc(S(=O)(=O)N4CC(C)OC(C)C4)cc3)n(CC)c12. The number of fused-ring (bicyclic) bond motifs is 1. The van der Waals surface area contributed by atoms with Crippen LogP contribution in [0, 0.1) is 0 Å². The van der Waals surface area contributed by atoms with Crippen molar-refractivity contribution in [1.29, 1.82) is 0 Å². The largest absolute Gasteiger partial charge is 0.492 e. The highest BCUT2D eigenvalue weighted by atomic mass is 32.2. The molecule has 0 saturated carbocycles. The summed E-state index contributed by atoms with van der Waals surface area (Å²) >= 11 is 1.42. The molecule has 0 N–H and O–H groups in total. The highest BCUT2D eigenvalue weighted by Gasteiger charge is 2.32. The molecule has 2 heterocycles. The molecule has 1 saturated heterocycles. The van der Waals surface area contributed by atoms with Crippen LogP contribution in [0.4, 0.5) is 0 Å². The van der Waals surface area contributed by atoms with E-state index in [1.165, 1.54) is 39.9 Å². The molecule has 0 spiro atoms. The van der Waals surface area contributed by atoms with E-state index in [0.29, 0.717) is 36.6 Å². The van der Waals surface area contributed by atoms with Crippen molar-refractivity contribution in [2.24, 2.45) is 4.99 Å². The molecule has 0 radical (unpaired) electrons. The fraction of sp³-hybridized carbons (Fsp3) is 0.417. The first-order valence-electron chi connectivity index (χ1n) is 11.3. The Balaban J connectivity index is 1.64. The van der Waals surface area contributed by atoms with Gasteiger partial charge in [0.15, 0.2) is 4.80 Å². The van der Waals surface area contributed by atoms with Gasteiger partial charge in [-0.15, -0.1) is 0 Å². The number of benzene rings is 2. The van der Waals surface area contributed by atoms with Crippen molar-refractivity contribution in [3.05, 3.63) is 52.8 Å². The number of morpholine rings is 1. The summed E-state index contributed by atoms with van der Waals surface area (Å²) in [5, 5.41) is 0. The molecule has 1 fully saturated rings. The van der Waals surface area contributed by atoms with Crippen LogP contribution in [0.3, 0.4) is 0 Å². The van der Waals surface area contributed by atoms with Gasteiger partial charge in [-0.2, -0.15) is 9.30 Å². The monoisotopic (exact) mass is 503 g/mol. The highest BCUT2D eigenvalue weighted by Crippen LogP contribution is 2.28. The molecular weight excluding hydrogens is 474 g/mol. The van der Waals surface area contributed by atoms with E-state index in [1.807, 2.05) is 50.5 Å². The Kier molecular flexibility index (Phi) is 7.22. The molecule has 0 bridgehead atoms. The molecule has 0 aliphatic carbocycles. The molecule has 1 aromatic heterocycles. The van der Waals surface area contributed by atoms with Crippen LogP contribution in [0.5, 0.6) is 5.75 Å². The van der Waals surface area contributed by atoms with E-state index in [9.17, 15) is 13.2 Å². The summed E-state index contributed by atoms with van der Waals surface area (Å²) in [5.74, 6) is 0.331. The van der Waals surface area contributed by atoms with E-state index in [2.05, 4.69) is 4.99 Å². The van der Waals surface area contributed by atoms with Crippen molar-refractivity contribution in [2.75, 3.05) is 19.7 Å². The standard InChI is InChI=1S/C24H29N3O5S2/c1-5-27-22-20(31-6-2)8-7-9-21(22)33-24(27)25-23(28)18-10-12-19(13-11-18)34(29,30)26-14-16(3)32-17(4)15-26/h7-13,16-17H,5-6,14-15H2,1-4H3. The number of ether oxygens (including phenoxy) is 2. The van der Waals surface area contributed by atoms with Crippen molar-refractivity contribution in [3.63, 3.8) is 0 Å². The third-order valence-corrected chi connectivity index (χ3v) is 8.49. The third kappa shape index (κ3) is 4.81. The van der Waals surface area contributed by atoms with Gasteiger partial charge >= 0.3 is 0 Å². The minimum absolute atomic E-state index is 0.150. The molecule has 34 heavy (non-hydrogen) atoms. The number of sulfonamides is 1. The Hall–Kier alpha value is -2.53. The van der Waals surface area contributed by atoms with Crippen LogP contribution in [0.1, 0.15) is 38.1 Å². The number of aromatic nitrogens is 1. The van der Waals surface area contributed by atoms with Crippen LogP contribution >= 0.6 is 11.3 Å². The second-order valence-corrected chi connectivity index (χ2v) is 11.1. The quantitative estimate of drug-likeness (QED) is 0.512. The van der Waals surface area contributed by atoms with Crippen LogP contribution in [0.15, 0.2) is 52.4 Å². The molecule has 1 aliphatic heterocycles. The van der Waals surface area contributed by atoms with E-state index in [-0.39, 0.29) is 17.1 Å². The van der Waals surface area contributed by atoms with Gasteiger partial charge in [-0.05, 0) is 64.1 Å². The third-order valence-electron chi connectivity index (χ3n) is 5.60. The molecule has 2 unspecified atom stereocenters. The van der Waals surface area contributed by atoms with Crippen LogP contribution in [-0.2, 0) is 21.3 Å². The number of carbonyl (C=O) groups excluding carboxylic acids is 1. The van der Waals surface area contributed by atoms with Gasteiger partial charge in [0.25, 0.3) is 5.91 Å². The Bertz CT molecular complexity index is 1350. The second kappa shape index (κ2) is 9.99. The number of amides is 1. The van der Waals surface area contributed by atoms with Crippen LogP contribution in [-0.4, -0.2) is 55.1 Å². The molecule has 1 amide bonds. The lowest BCUT2D eigenvalue weighted by atomic mass is 10.2. The zero-order chi connectivity index (χ0) is 24.5. The van der Waals surface area contributed by atoms with Crippen molar-refractivity contribution in [2.45, 2.75) is 51.3 Å². The fourth-order valence-corrected chi connectivity index (χ4v) is 6.85. The Morgan fingerprint density at radius 1 is 1.12 bits per heavy atom. The average molecular weight is 504 g/mol. The van der Waals surface area contributed by atoms with Gasteiger partial charge in [0.05, 0.1) is 28.4 Å². The van der Waals surface area contributed by atoms with E-state index < -0.39 is 15.9 Å². The molecule has 4 rings (SSSR count). The summed E-state index contributed by atoms with van der Waals surface area (Å²) in [7, 11) is -3.67. The number of hydrogen-bond donors (Lipinski definition) is 0. The number of thiazole rings is 1. The van der Waals surface area contributed by atoms with Gasteiger partial charge < -0.3 is 14.0 Å². The van der Waals surface area contributed by atoms with Crippen molar-refractivity contribution in [3.8, 4) is 5.75 Å². The summed E-state index contributed by atoms with van der Waals surface area (Å²) in [6.45, 7) is 9.41.